The lowest BCUT2D eigenvalue weighted by molar-refractivity contribution is 0.522. The minimum absolute atomic E-state index is 0.144. The third-order valence-corrected chi connectivity index (χ3v) is 4.16. The fourth-order valence-electron chi connectivity index (χ4n) is 1.90. The molecule has 0 saturated heterocycles. The van der Waals surface area contributed by atoms with Crippen molar-refractivity contribution >= 4 is 10.0 Å². The Morgan fingerprint density at radius 1 is 1.41 bits per heavy atom. The van der Waals surface area contributed by atoms with Crippen LogP contribution in [0.15, 0.2) is 11.2 Å². The number of fused-ring (bicyclic) bond motifs is 1. The molecule has 2 N–H and O–H groups in total. The van der Waals surface area contributed by atoms with Crippen LogP contribution in [0.2, 0.25) is 0 Å². The first-order chi connectivity index (χ1) is 8.13. The number of rotatable bonds is 5. The van der Waals surface area contributed by atoms with Crippen molar-refractivity contribution in [1.29, 1.82) is 0 Å². The first-order valence-corrected chi connectivity index (χ1v) is 7.32. The van der Waals surface area contributed by atoms with E-state index in [-0.39, 0.29) is 5.03 Å². The highest BCUT2D eigenvalue weighted by molar-refractivity contribution is 7.89. The second-order valence-electron chi connectivity index (χ2n) is 4.15. The van der Waals surface area contributed by atoms with Gasteiger partial charge in [0.05, 0.1) is 0 Å². The number of hydrogen-bond acceptors (Lipinski definition) is 4. The van der Waals surface area contributed by atoms with Crippen LogP contribution in [-0.2, 0) is 23.0 Å². The molecule has 0 atom stereocenters. The first kappa shape index (κ1) is 12.5. The second kappa shape index (κ2) is 5.16. The van der Waals surface area contributed by atoms with Crippen LogP contribution in [0.1, 0.15) is 18.7 Å². The van der Waals surface area contributed by atoms with Gasteiger partial charge in [0.2, 0.25) is 0 Å². The van der Waals surface area contributed by atoms with Crippen molar-refractivity contribution in [1.82, 2.24) is 19.6 Å². The Labute approximate surface area is 101 Å². The van der Waals surface area contributed by atoms with Gasteiger partial charge in [-0.05, 0) is 19.9 Å². The Bertz CT molecular complexity index is 457. The highest BCUT2D eigenvalue weighted by Crippen LogP contribution is 2.16. The van der Waals surface area contributed by atoms with Crippen LogP contribution in [0.4, 0.5) is 0 Å². The van der Waals surface area contributed by atoms with Crippen LogP contribution in [0.5, 0.6) is 0 Å². The average Bonchev–Trinajstić information content (AvgIpc) is 2.73. The lowest BCUT2D eigenvalue weighted by atomic mass is 10.2. The molecule has 0 aromatic carbocycles. The van der Waals surface area contributed by atoms with Gasteiger partial charge in [-0.2, -0.15) is 0 Å². The van der Waals surface area contributed by atoms with E-state index in [1.165, 1.54) is 0 Å². The van der Waals surface area contributed by atoms with Gasteiger partial charge in [0.15, 0.2) is 5.03 Å². The fraction of sp³-hybridized carbons (Fsp3) is 0.700. The monoisotopic (exact) mass is 258 g/mol. The molecule has 1 aromatic heterocycles. The Morgan fingerprint density at radius 2 is 2.24 bits per heavy atom. The Balaban J connectivity index is 2.13. The average molecular weight is 258 g/mol. The summed E-state index contributed by atoms with van der Waals surface area (Å²) in [5.74, 6) is 0.880. The van der Waals surface area contributed by atoms with Gasteiger partial charge in [-0.25, -0.2) is 18.1 Å². The van der Waals surface area contributed by atoms with Gasteiger partial charge in [0.1, 0.15) is 5.82 Å². The quantitative estimate of drug-likeness (QED) is 0.712. The number of aryl methyl sites for hydroxylation is 2. The van der Waals surface area contributed by atoms with Crippen molar-refractivity contribution in [3.05, 3.63) is 12.0 Å². The summed E-state index contributed by atoms with van der Waals surface area (Å²) < 4.78 is 28.3. The summed E-state index contributed by atoms with van der Waals surface area (Å²) in [5.41, 5.74) is 0. The van der Waals surface area contributed by atoms with E-state index in [0.29, 0.717) is 13.1 Å². The third-order valence-electron chi connectivity index (χ3n) is 2.83. The molecule has 2 heterocycles. The van der Waals surface area contributed by atoms with E-state index < -0.39 is 10.0 Å². The molecule has 0 fully saturated rings. The predicted molar refractivity (Wildman–Crippen MR) is 64.3 cm³/mol. The van der Waals surface area contributed by atoms with Crippen LogP contribution >= 0.6 is 0 Å². The molecule has 0 spiro atoms. The van der Waals surface area contributed by atoms with Gasteiger partial charge in [-0.15, -0.1) is 0 Å². The molecular weight excluding hydrogens is 240 g/mol. The van der Waals surface area contributed by atoms with Gasteiger partial charge < -0.3 is 9.88 Å². The Kier molecular flexibility index (Phi) is 3.80. The van der Waals surface area contributed by atoms with Gasteiger partial charge >= 0.3 is 0 Å². The molecule has 2 rings (SSSR count). The number of sulfonamides is 1. The molecule has 1 aliphatic heterocycles. The third kappa shape index (κ3) is 2.85. The molecule has 1 aromatic rings. The number of imidazole rings is 1. The number of nitrogens with zero attached hydrogens (tertiary/aromatic N) is 2. The van der Waals surface area contributed by atoms with E-state index in [0.717, 1.165) is 31.6 Å². The van der Waals surface area contributed by atoms with Gasteiger partial charge in [0, 0.05) is 32.3 Å². The molecule has 1 aliphatic rings. The molecule has 0 bridgehead atoms. The lowest BCUT2D eigenvalue weighted by Crippen LogP contribution is -2.30. The molecule has 0 aliphatic carbocycles. The zero-order valence-corrected chi connectivity index (χ0v) is 10.8. The van der Waals surface area contributed by atoms with E-state index in [1.54, 1.807) is 13.2 Å². The maximum Gasteiger partial charge on any atom is 0.259 e. The standard InChI is InChI=1S/C10H18N4O2S/c1-11-5-6-12-17(15,16)10-8-14-7-3-2-4-9(14)13-10/h8,11-12H,2-7H2,1H3. The maximum absolute atomic E-state index is 11.9. The number of aromatic nitrogens is 2. The smallest absolute Gasteiger partial charge is 0.259 e. The predicted octanol–water partition coefficient (Wildman–Crippen LogP) is -0.283. The SMILES string of the molecule is CNCCNS(=O)(=O)c1cn2c(n1)CCCC2. The van der Waals surface area contributed by atoms with Crippen LogP contribution in [0.25, 0.3) is 0 Å². The van der Waals surface area contributed by atoms with Crippen molar-refractivity contribution in [2.45, 2.75) is 30.8 Å². The summed E-state index contributed by atoms with van der Waals surface area (Å²) in [7, 11) is -1.67. The summed E-state index contributed by atoms with van der Waals surface area (Å²) in [6.07, 6.45) is 4.68. The van der Waals surface area contributed by atoms with Crippen molar-refractivity contribution in [2.24, 2.45) is 0 Å². The lowest BCUT2D eigenvalue weighted by Gasteiger charge is -2.11. The first-order valence-electron chi connectivity index (χ1n) is 5.84. The second-order valence-corrected chi connectivity index (χ2v) is 5.86. The van der Waals surface area contributed by atoms with Crippen molar-refractivity contribution in [2.75, 3.05) is 20.1 Å². The summed E-state index contributed by atoms with van der Waals surface area (Å²) >= 11 is 0. The van der Waals surface area contributed by atoms with Gasteiger partial charge in [0.25, 0.3) is 10.0 Å². The van der Waals surface area contributed by atoms with E-state index in [4.69, 9.17) is 0 Å². The van der Waals surface area contributed by atoms with Gasteiger partial charge in [-0.3, -0.25) is 0 Å². The fourth-order valence-corrected chi connectivity index (χ4v) is 2.91. The van der Waals surface area contributed by atoms with Crippen LogP contribution in [-0.4, -0.2) is 38.1 Å². The topological polar surface area (TPSA) is 76.0 Å². The van der Waals surface area contributed by atoms with Crippen molar-refractivity contribution in [3.8, 4) is 0 Å². The molecule has 6 nitrogen and oxygen atoms in total. The molecule has 0 amide bonds. The molecule has 0 saturated carbocycles. The molecule has 0 unspecified atom stereocenters. The summed E-state index contributed by atoms with van der Waals surface area (Å²) in [6.45, 7) is 1.85. The molecule has 96 valence electrons. The minimum Gasteiger partial charge on any atom is -0.333 e. The van der Waals surface area contributed by atoms with Crippen LogP contribution in [0.3, 0.4) is 0 Å². The zero-order valence-electron chi connectivity index (χ0n) is 9.94. The largest absolute Gasteiger partial charge is 0.333 e. The van der Waals surface area contributed by atoms with Crippen LogP contribution < -0.4 is 10.0 Å². The molecule has 0 radical (unpaired) electrons. The van der Waals surface area contributed by atoms with Gasteiger partial charge in [-0.1, -0.05) is 0 Å². The van der Waals surface area contributed by atoms with E-state index in [1.807, 2.05) is 4.57 Å². The van der Waals surface area contributed by atoms with Crippen molar-refractivity contribution < 1.29 is 8.42 Å². The van der Waals surface area contributed by atoms with E-state index >= 15 is 0 Å². The molecular formula is C10H18N4O2S. The minimum atomic E-state index is -3.45. The van der Waals surface area contributed by atoms with E-state index in [9.17, 15) is 8.42 Å². The molecule has 7 heteroatoms. The Hall–Kier alpha value is -0.920. The Morgan fingerprint density at radius 3 is 2.94 bits per heavy atom. The summed E-state index contributed by atoms with van der Waals surface area (Å²) in [5, 5.41) is 3.03. The van der Waals surface area contributed by atoms with E-state index in [2.05, 4.69) is 15.0 Å². The highest BCUT2D eigenvalue weighted by atomic mass is 32.2. The molecule has 17 heavy (non-hydrogen) atoms. The normalized spacial score (nSPS) is 15.8. The van der Waals surface area contributed by atoms with Crippen LogP contribution in [0, 0.1) is 0 Å². The maximum atomic E-state index is 11.9. The summed E-state index contributed by atoms with van der Waals surface area (Å²) in [4.78, 5) is 4.19. The number of likely N-dealkylation sites (N-methyl/N-ethyl adjacent to an activating group) is 1. The summed E-state index contributed by atoms with van der Waals surface area (Å²) in [6, 6.07) is 0. The zero-order chi connectivity index (χ0) is 12.3. The number of hydrogen-bond donors (Lipinski definition) is 2. The van der Waals surface area contributed by atoms with Crippen molar-refractivity contribution in [3.63, 3.8) is 0 Å². The number of nitrogens with one attached hydrogen (secondary N) is 2. The highest BCUT2D eigenvalue weighted by Gasteiger charge is 2.21.